The average Bonchev–Trinajstić information content (AvgIpc) is 2.62. The zero-order valence-electron chi connectivity index (χ0n) is 16.6. The molecule has 0 fully saturated rings. The minimum absolute atomic E-state index is 0. The Labute approximate surface area is 238 Å². The molecule has 0 amide bonds. The summed E-state index contributed by atoms with van der Waals surface area (Å²) in [4.78, 5) is 16.0. The molecule has 0 N–H and O–H groups in total. The molecule has 2 radical (unpaired) electrons. The summed E-state index contributed by atoms with van der Waals surface area (Å²) in [6.07, 6.45) is 0. The van der Waals surface area contributed by atoms with Crippen molar-refractivity contribution in [3.63, 3.8) is 0 Å². The van der Waals surface area contributed by atoms with E-state index in [2.05, 4.69) is 0 Å². The van der Waals surface area contributed by atoms with Crippen molar-refractivity contribution in [2.45, 2.75) is 0 Å². The number of benzene rings is 2. The molecular weight excluding hydrogens is 707 g/mol. The van der Waals surface area contributed by atoms with Crippen LogP contribution in [0.4, 0.5) is 0 Å². The maximum absolute atomic E-state index is 8.52. The Kier molecular flexibility index (Phi) is 50.2. The second-order valence-corrected chi connectivity index (χ2v) is 6.13. The molecule has 18 nitrogen and oxygen atoms in total. The minimum Gasteiger partial charge on any atom is -0.759 e. The molecule has 0 saturated heterocycles. The molecule has 0 spiro atoms. The summed E-state index contributed by atoms with van der Waals surface area (Å²) < 4.78 is 102. The predicted octanol–water partition coefficient (Wildman–Crippen LogP) is -0.145. The Morgan fingerprint density at radius 3 is 0.429 bits per heavy atom. The van der Waals surface area contributed by atoms with Crippen LogP contribution < -0.4 is 0 Å². The van der Waals surface area contributed by atoms with Crippen LogP contribution in [0.1, 0.15) is 0 Å². The standard InChI is InChI=1S/2C6H6.2HNO2.3H2O4S.2Zr/c2*1-2-4-6-5-3-1;2*2-1-3;3*1-5(2,3)4;;/h2*1-6H;2*(H,2,3);3*(H2,1,2,3,4);;/q;;;;;;;2*+3/p-8. The smallest absolute Gasteiger partial charge is 0.759 e. The van der Waals surface area contributed by atoms with Crippen LogP contribution >= 0.6 is 0 Å². The fourth-order valence-corrected chi connectivity index (χ4v) is 0.770. The van der Waals surface area contributed by atoms with Gasteiger partial charge in [-0.05, 0) is 0 Å². The first-order valence-corrected chi connectivity index (χ1v) is 10.7. The van der Waals surface area contributed by atoms with E-state index in [-0.39, 0.29) is 52.4 Å². The van der Waals surface area contributed by atoms with Gasteiger partial charge in [-0.3, -0.25) is 25.3 Å². The van der Waals surface area contributed by atoms with Gasteiger partial charge in [-0.1, -0.05) is 72.8 Å². The largest absolute Gasteiger partial charge is 3.00 e. The van der Waals surface area contributed by atoms with Crippen LogP contribution in [0, 0.1) is 20.2 Å². The molecule has 0 aliphatic rings. The van der Waals surface area contributed by atoms with Crippen molar-refractivity contribution >= 4 is 31.2 Å². The van der Waals surface area contributed by atoms with Gasteiger partial charge in [0.25, 0.3) is 0 Å². The SMILES string of the molecule is O=N[O-].O=N[O-].O=S(=O)([O-])[O-].O=S(=O)([O-])[O-].O=S(=O)([O-])[O-].[Zr+3].[Zr+3].c1ccccc1.c1ccccc1. The van der Waals surface area contributed by atoms with E-state index < -0.39 is 31.2 Å². The summed E-state index contributed by atoms with van der Waals surface area (Å²) in [6, 6.07) is 24.0. The number of rotatable bonds is 0. The van der Waals surface area contributed by atoms with Crippen molar-refractivity contribution in [2.24, 2.45) is 10.7 Å². The van der Waals surface area contributed by atoms with Gasteiger partial charge in [0.1, 0.15) is 0 Å². The molecule has 0 bridgehead atoms. The zero-order chi connectivity index (χ0) is 27.4. The molecular formula is C12H12N2O16S3Zr2-2. The summed E-state index contributed by atoms with van der Waals surface area (Å²) in [7, 11) is -15.5. The molecule has 0 atom stereocenters. The number of hydrogen-bond acceptors (Lipinski definition) is 18. The van der Waals surface area contributed by atoms with Crippen molar-refractivity contribution in [3.05, 3.63) is 93.0 Å². The van der Waals surface area contributed by atoms with E-state index in [4.69, 9.17) is 72.8 Å². The van der Waals surface area contributed by atoms with Gasteiger partial charge in [-0.15, -0.1) is 10.7 Å². The summed E-state index contributed by atoms with van der Waals surface area (Å²) in [5.41, 5.74) is 0. The second-order valence-electron chi connectivity index (χ2n) is 3.68. The second kappa shape index (κ2) is 34.8. The average molecular weight is 719 g/mol. The van der Waals surface area contributed by atoms with E-state index in [0.29, 0.717) is 0 Å². The van der Waals surface area contributed by atoms with Crippen LogP contribution in [0.3, 0.4) is 0 Å². The third kappa shape index (κ3) is 271. The summed E-state index contributed by atoms with van der Waals surface area (Å²) in [5, 5.41) is 18.0. The quantitative estimate of drug-likeness (QED) is 0.148. The Morgan fingerprint density at radius 2 is 0.400 bits per heavy atom. The van der Waals surface area contributed by atoms with Crippen molar-refractivity contribution in [2.75, 3.05) is 0 Å². The first-order valence-electron chi connectivity index (χ1n) is 6.73. The van der Waals surface area contributed by atoms with Gasteiger partial charge in [0.2, 0.25) is 0 Å². The molecule has 0 saturated carbocycles. The number of nitrogens with zero attached hydrogens (tertiary/aromatic N) is 2. The molecule has 0 aromatic heterocycles. The summed E-state index contributed by atoms with van der Waals surface area (Å²) >= 11 is 0. The van der Waals surface area contributed by atoms with E-state index in [1.807, 2.05) is 72.8 Å². The van der Waals surface area contributed by atoms with Crippen LogP contribution in [-0.4, -0.2) is 52.6 Å². The Balaban J connectivity index is -0.0000000526. The fourth-order valence-electron chi connectivity index (χ4n) is 0.770. The molecule has 194 valence electrons. The van der Waals surface area contributed by atoms with Gasteiger partial charge >= 0.3 is 52.4 Å². The first kappa shape index (κ1) is 50.5. The van der Waals surface area contributed by atoms with Crippen LogP contribution in [0.2, 0.25) is 0 Å². The molecule has 0 unspecified atom stereocenters. The molecule has 35 heavy (non-hydrogen) atoms. The van der Waals surface area contributed by atoms with Gasteiger partial charge in [0.15, 0.2) is 0 Å². The van der Waals surface area contributed by atoms with Gasteiger partial charge in [0, 0.05) is 31.2 Å². The van der Waals surface area contributed by atoms with E-state index >= 15 is 0 Å². The minimum atomic E-state index is -5.17. The molecule has 0 aliphatic carbocycles. The van der Waals surface area contributed by atoms with Gasteiger partial charge in [0.05, 0.1) is 0 Å². The molecule has 2 rings (SSSR count). The van der Waals surface area contributed by atoms with Gasteiger partial charge in [-0.2, -0.15) is 0 Å². The van der Waals surface area contributed by atoms with Crippen molar-refractivity contribution < 1.29 is 105 Å². The Hall–Kier alpha value is -1.38. The van der Waals surface area contributed by atoms with Crippen LogP contribution in [-0.2, 0) is 83.6 Å². The molecule has 23 heteroatoms. The fraction of sp³-hybridized carbons (Fsp3) is 0. The van der Waals surface area contributed by atoms with Gasteiger partial charge < -0.3 is 47.5 Å². The van der Waals surface area contributed by atoms with Crippen molar-refractivity contribution in [3.8, 4) is 0 Å². The molecule has 0 heterocycles. The third-order valence-corrected chi connectivity index (χ3v) is 1.33. The van der Waals surface area contributed by atoms with E-state index in [9.17, 15) is 0 Å². The summed E-state index contributed by atoms with van der Waals surface area (Å²) in [5.74, 6) is 0. The Bertz CT molecular complexity index is 793. The first-order chi connectivity index (χ1) is 14.8. The number of hydrogen-bond donors (Lipinski definition) is 0. The topological polar surface area (TPSA) is 346 Å². The maximum Gasteiger partial charge on any atom is 3.00 e. The molecule has 0 aliphatic heterocycles. The van der Waals surface area contributed by atoms with E-state index in [1.54, 1.807) is 0 Å². The normalized spacial score (nSPS) is 8.40. The van der Waals surface area contributed by atoms with Crippen LogP contribution in [0.5, 0.6) is 0 Å². The third-order valence-electron chi connectivity index (χ3n) is 1.33. The van der Waals surface area contributed by atoms with E-state index in [1.165, 1.54) is 0 Å². The molecule has 2 aromatic carbocycles. The maximum atomic E-state index is 8.52. The molecule has 2 aromatic rings. The zero-order valence-corrected chi connectivity index (χ0v) is 23.9. The predicted molar refractivity (Wildman–Crippen MR) is 103 cm³/mol. The van der Waals surface area contributed by atoms with Gasteiger partial charge in [-0.25, -0.2) is 0 Å². The van der Waals surface area contributed by atoms with Crippen molar-refractivity contribution in [1.29, 1.82) is 0 Å². The van der Waals surface area contributed by atoms with Crippen LogP contribution in [0.15, 0.2) is 83.5 Å². The Morgan fingerprint density at radius 1 is 0.371 bits per heavy atom. The monoisotopic (exact) mass is 716 g/mol. The van der Waals surface area contributed by atoms with E-state index in [0.717, 1.165) is 10.7 Å². The van der Waals surface area contributed by atoms with Crippen molar-refractivity contribution in [1.82, 2.24) is 0 Å². The van der Waals surface area contributed by atoms with Crippen LogP contribution in [0.25, 0.3) is 0 Å². The summed E-state index contributed by atoms with van der Waals surface area (Å²) in [6.45, 7) is 0.